The molecule has 0 atom stereocenters. The van der Waals surface area contributed by atoms with Gasteiger partial charge < -0.3 is 15.8 Å². The molecule has 0 aliphatic rings. The smallest absolute Gasteiger partial charge is 0.257 e. The van der Waals surface area contributed by atoms with Crippen molar-refractivity contribution in [3.63, 3.8) is 0 Å². The summed E-state index contributed by atoms with van der Waals surface area (Å²) < 4.78 is 5.14. The molecule has 0 fully saturated rings. The average Bonchev–Trinajstić information content (AvgIpc) is 2.50. The quantitative estimate of drug-likeness (QED) is 0.907. The second-order valence-electron chi connectivity index (χ2n) is 4.07. The summed E-state index contributed by atoms with van der Waals surface area (Å²) in [6.07, 6.45) is 1.33. The molecule has 7 heteroatoms. The first-order valence-corrected chi connectivity index (χ1v) is 6.23. The van der Waals surface area contributed by atoms with Gasteiger partial charge in [-0.1, -0.05) is 11.6 Å². The maximum atomic E-state index is 12.1. The van der Waals surface area contributed by atoms with Gasteiger partial charge in [-0.05, 0) is 18.2 Å². The maximum absolute atomic E-state index is 12.1. The zero-order valence-corrected chi connectivity index (χ0v) is 11.8. The third kappa shape index (κ3) is 3.22. The Morgan fingerprint density at radius 2 is 2.24 bits per heavy atom. The summed E-state index contributed by atoms with van der Waals surface area (Å²) in [6, 6.07) is 8.11. The highest BCUT2D eigenvalue weighted by atomic mass is 35.5. The van der Waals surface area contributed by atoms with Gasteiger partial charge in [-0.25, -0.2) is 4.98 Å². The fourth-order valence-corrected chi connectivity index (χ4v) is 1.80. The first kappa shape index (κ1) is 14.6. The Labute approximate surface area is 126 Å². The lowest BCUT2D eigenvalue weighted by Crippen LogP contribution is -2.13. The number of hydrogen-bond acceptors (Lipinski definition) is 5. The predicted octanol–water partition coefficient (Wildman–Crippen LogP) is 2.45. The van der Waals surface area contributed by atoms with Gasteiger partial charge in [0, 0.05) is 12.3 Å². The number of hydrogen-bond donors (Lipinski definition) is 2. The van der Waals surface area contributed by atoms with Crippen LogP contribution in [0.1, 0.15) is 15.9 Å². The number of nitrogens with one attached hydrogen (secondary N) is 1. The number of nitriles is 1. The standard InChI is InChI=1S/C14H11ClN4O2/c1-21-12-4-8(6-16)2-3-11(12)19-14(20)9-5-10(15)13(17)18-7-9/h2-5,7H,1H3,(H2,17,18)(H,19,20). The number of anilines is 2. The Kier molecular flexibility index (Phi) is 4.26. The number of carbonyl (C=O) groups excluding carboxylic acids is 1. The topological polar surface area (TPSA) is 101 Å². The number of halogens is 1. The summed E-state index contributed by atoms with van der Waals surface area (Å²) >= 11 is 5.83. The summed E-state index contributed by atoms with van der Waals surface area (Å²) in [5.41, 5.74) is 6.63. The summed E-state index contributed by atoms with van der Waals surface area (Å²) in [6.45, 7) is 0. The molecular formula is C14H11ClN4O2. The van der Waals surface area contributed by atoms with E-state index in [4.69, 9.17) is 27.3 Å². The number of nitrogens with two attached hydrogens (primary N) is 1. The summed E-state index contributed by atoms with van der Waals surface area (Å²) in [5, 5.41) is 11.7. The Balaban J connectivity index is 2.27. The zero-order chi connectivity index (χ0) is 15.4. The van der Waals surface area contributed by atoms with Gasteiger partial charge >= 0.3 is 0 Å². The first-order chi connectivity index (χ1) is 10.0. The van der Waals surface area contributed by atoms with Crippen LogP contribution in [-0.4, -0.2) is 18.0 Å². The highest BCUT2D eigenvalue weighted by molar-refractivity contribution is 6.33. The van der Waals surface area contributed by atoms with E-state index in [9.17, 15) is 4.79 Å². The lowest BCUT2D eigenvalue weighted by molar-refractivity contribution is 0.102. The molecule has 0 aliphatic heterocycles. The molecule has 1 amide bonds. The van der Waals surface area contributed by atoms with Gasteiger partial charge in [0.1, 0.15) is 11.6 Å². The third-order valence-electron chi connectivity index (χ3n) is 2.71. The molecule has 2 rings (SSSR count). The number of rotatable bonds is 3. The van der Waals surface area contributed by atoms with E-state index in [1.165, 1.54) is 25.4 Å². The highest BCUT2D eigenvalue weighted by Crippen LogP contribution is 2.26. The fraction of sp³-hybridized carbons (Fsp3) is 0.0714. The van der Waals surface area contributed by atoms with Crippen molar-refractivity contribution in [2.24, 2.45) is 0 Å². The van der Waals surface area contributed by atoms with E-state index >= 15 is 0 Å². The fourth-order valence-electron chi connectivity index (χ4n) is 1.63. The summed E-state index contributed by atoms with van der Waals surface area (Å²) in [4.78, 5) is 16.0. The van der Waals surface area contributed by atoms with Crippen LogP contribution in [0, 0.1) is 11.3 Å². The molecular weight excluding hydrogens is 292 g/mol. The second kappa shape index (κ2) is 6.11. The van der Waals surface area contributed by atoms with Crippen LogP contribution in [-0.2, 0) is 0 Å². The Bertz CT molecular complexity index is 740. The molecule has 0 unspecified atom stereocenters. The van der Waals surface area contributed by atoms with E-state index < -0.39 is 5.91 Å². The molecule has 6 nitrogen and oxygen atoms in total. The van der Waals surface area contributed by atoms with Crippen LogP contribution in [0.3, 0.4) is 0 Å². The van der Waals surface area contributed by atoms with Crippen LogP contribution >= 0.6 is 11.6 Å². The molecule has 1 heterocycles. The molecule has 0 spiro atoms. The van der Waals surface area contributed by atoms with Gasteiger partial charge in [-0.3, -0.25) is 4.79 Å². The van der Waals surface area contributed by atoms with E-state index in [1.54, 1.807) is 12.1 Å². The van der Waals surface area contributed by atoms with Crippen molar-refractivity contribution in [1.29, 1.82) is 5.26 Å². The molecule has 0 bridgehead atoms. The number of amides is 1. The molecule has 0 saturated heterocycles. The lowest BCUT2D eigenvalue weighted by Gasteiger charge is -2.10. The minimum atomic E-state index is -0.410. The third-order valence-corrected chi connectivity index (χ3v) is 3.01. The number of pyridine rings is 1. The highest BCUT2D eigenvalue weighted by Gasteiger charge is 2.12. The molecule has 1 aromatic heterocycles. The van der Waals surface area contributed by atoms with Gasteiger partial charge in [0.15, 0.2) is 0 Å². The molecule has 2 aromatic rings. The molecule has 0 saturated carbocycles. The zero-order valence-electron chi connectivity index (χ0n) is 11.1. The molecule has 3 N–H and O–H groups in total. The van der Waals surface area contributed by atoms with Crippen molar-refractivity contribution in [2.75, 3.05) is 18.2 Å². The summed E-state index contributed by atoms with van der Waals surface area (Å²) in [7, 11) is 1.45. The monoisotopic (exact) mass is 302 g/mol. The van der Waals surface area contributed by atoms with E-state index in [2.05, 4.69) is 10.3 Å². The van der Waals surface area contributed by atoms with E-state index in [0.717, 1.165) is 0 Å². The SMILES string of the molecule is COc1cc(C#N)ccc1NC(=O)c1cnc(N)c(Cl)c1. The molecule has 0 radical (unpaired) electrons. The van der Waals surface area contributed by atoms with Gasteiger partial charge in [0.05, 0.1) is 35.0 Å². The minimum absolute atomic E-state index is 0.157. The first-order valence-electron chi connectivity index (χ1n) is 5.85. The van der Waals surface area contributed by atoms with Crippen LogP contribution in [0.2, 0.25) is 5.02 Å². The van der Waals surface area contributed by atoms with Crippen molar-refractivity contribution in [1.82, 2.24) is 4.98 Å². The number of benzene rings is 1. The van der Waals surface area contributed by atoms with Crippen LogP contribution < -0.4 is 15.8 Å². The van der Waals surface area contributed by atoms with Crippen LogP contribution in [0.4, 0.5) is 11.5 Å². The molecule has 106 valence electrons. The Hall–Kier alpha value is -2.78. The van der Waals surface area contributed by atoms with E-state index in [1.807, 2.05) is 6.07 Å². The largest absolute Gasteiger partial charge is 0.495 e. The Morgan fingerprint density at radius 3 is 2.86 bits per heavy atom. The number of nitrogen functional groups attached to an aromatic ring is 1. The van der Waals surface area contributed by atoms with Crippen LogP contribution in [0.25, 0.3) is 0 Å². The normalized spacial score (nSPS) is 9.76. The maximum Gasteiger partial charge on any atom is 0.257 e. The van der Waals surface area contributed by atoms with Crippen LogP contribution in [0.5, 0.6) is 5.75 Å². The van der Waals surface area contributed by atoms with Crippen molar-refractivity contribution in [3.8, 4) is 11.8 Å². The van der Waals surface area contributed by atoms with E-state index in [-0.39, 0.29) is 16.4 Å². The number of carbonyl (C=O) groups is 1. The number of methoxy groups -OCH3 is 1. The average molecular weight is 303 g/mol. The van der Waals surface area contributed by atoms with Gasteiger partial charge in [-0.15, -0.1) is 0 Å². The van der Waals surface area contributed by atoms with Gasteiger partial charge in [0.2, 0.25) is 0 Å². The summed E-state index contributed by atoms with van der Waals surface area (Å²) in [5.74, 6) is 0.133. The van der Waals surface area contributed by atoms with Crippen molar-refractivity contribution in [3.05, 3.63) is 46.6 Å². The number of nitrogens with zero attached hydrogens (tertiary/aromatic N) is 2. The van der Waals surface area contributed by atoms with Crippen molar-refractivity contribution < 1.29 is 9.53 Å². The van der Waals surface area contributed by atoms with Gasteiger partial charge in [0.25, 0.3) is 5.91 Å². The van der Waals surface area contributed by atoms with E-state index in [0.29, 0.717) is 17.0 Å². The minimum Gasteiger partial charge on any atom is -0.495 e. The molecule has 1 aromatic carbocycles. The molecule has 21 heavy (non-hydrogen) atoms. The predicted molar refractivity (Wildman–Crippen MR) is 79.3 cm³/mol. The van der Waals surface area contributed by atoms with Gasteiger partial charge in [-0.2, -0.15) is 5.26 Å². The number of ether oxygens (including phenoxy) is 1. The lowest BCUT2D eigenvalue weighted by atomic mass is 10.2. The Morgan fingerprint density at radius 1 is 1.48 bits per heavy atom. The second-order valence-corrected chi connectivity index (χ2v) is 4.48. The van der Waals surface area contributed by atoms with Crippen LogP contribution in [0.15, 0.2) is 30.5 Å². The number of aromatic nitrogens is 1. The van der Waals surface area contributed by atoms with Crippen molar-refractivity contribution >= 4 is 29.0 Å². The molecule has 0 aliphatic carbocycles. The van der Waals surface area contributed by atoms with Crippen molar-refractivity contribution in [2.45, 2.75) is 0 Å².